The van der Waals surface area contributed by atoms with Crippen molar-refractivity contribution in [1.29, 1.82) is 0 Å². The van der Waals surface area contributed by atoms with E-state index in [1.165, 1.54) is 6.07 Å². The van der Waals surface area contributed by atoms with Crippen LogP contribution >= 0.6 is 11.8 Å². The van der Waals surface area contributed by atoms with E-state index in [-0.39, 0.29) is 16.6 Å². The predicted molar refractivity (Wildman–Crippen MR) is 109 cm³/mol. The molecular formula is C20H23NO6S. The van der Waals surface area contributed by atoms with Crippen molar-refractivity contribution in [1.82, 2.24) is 0 Å². The highest BCUT2D eigenvalue weighted by atomic mass is 32.2. The zero-order chi connectivity index (χ0) is 20.3. The Morgan fingerprint density at radius 3 is 2.57 bits per heavy atom. The van der Waals surface area contributed by atoms with Gasteiger partial charge in [0.05, 0.1) is 27.0 Å². The summed E-state index contributed by atoms with van der Waals surface area (Å²) in [6.45, 7) is 2.16. The van der Waals surface area contributed by atoms with Gasteiger partial charge in [0.1, 0.15) is 17.1 Å². The van der Waals surface area contributed by atoms with Crippen molar-refractivity contribution in [2.24, 2.45) is 4.99 Å². The van der Waals surface area contributed by atoms with Crippen molar-refractivity contribution >= 4 is 17.5 Å². The minimum atomic E-state index is -0.582. The van der Waals surface area contributed by atoms with E-state index in [9.17, 15) is 9.90 Å². The van der Waals surface area contributed by atoms with Crippen LogP contribution in [0, 0.1) is 6.92 Å². The summed E-state index contributed by atoms with van der Waals surface area (Å²) in [5.74, 6) is 2.69. The fourth-order valence-corrected chi connectivity index (χ4v) is 4.42. The highest BCUT2D eigenvalue weighted by Gasteiger charge is 2.28. The summed E-state index contributed by atoms with van der Waals surface area (Å²) in [6, 6.07) is 5.19. The Hall–Kier alpha value is -2.61. The van der Waals surface area contributed by atoms with E-state index in [2.05, 4.69) is 4.99 Å². The van der Waals surface area contributed by atoms with Crippen LogP contribution in [0.4, 0.5) is 0 Å². The van der Waals surface area contributed by atoms with Crippen molar-refractivity contribution in [3.8, 4) is 23.0 Å². The van der Waals surface area contributed by atoms with Gasteiger partial charge in [-0.2, -0.15) is 11.8 Å². The molecule has 0 amide bonds. The van der Waals surface area contributed by atoms with Gasteiger partial charge in [-0.3, -0.25) is 4.99 Å². The molecule has 0 fully saturated rings. The minimum absolute atomic E-state index is 0.0453. The molecular weight excluding hydrogens is 382 g/mol. The normalized spacial score (nSPS) is 16.9. The smallest absolute Gasteiger partial charge is 0.348 e. The fraction of sp³-hybridized carbons (Fsp3) is 0.400. The van der Waals surface area contributed by atoms with Crippen molar-refractivity contribution in [2.45, 2.75) is 18.6 Å². The molecule has 0 saturated heterocycles. The first-order valence-corrected chi connectivity index (χ1v) is 9.82. The van der Waals surface area contributed by atoms with Gasteiger partial charge in [-0.1, -0.05) is 6.07 Å². The monoisotopic (exact) mass is 405 g/mol. The Balaban J connectivity index is 2.04. The molecule has 0 spiro atoms. The molecule has 1 atom stereocenters. The first-order valence-electron chi connectivity index (χ1n) is 8.78. The summed E-state index contributed by atoms with van der Waals surface area (Å²) in [5, 5.41) is 10.3. The van der Waals surface area contributed by atoms with Crippen LogP contribution in [0.3, 0.4) is 0 Å². The molecule has 0 radical (unpaired) electrons. The fourth-order valence-electron chi connectivity index (χ4n) is 3.30. The number of benzene rings is 1. The summed E-state index contributed by atoms with van der Waals surface area (Å²) in [7, 11) is 4.71. The molecule has 0 saturated carbocycles. The Kier molecular flexibility index (Phi) is 6.18. The van der Waals surface area contributed by atoms with Gasteiger partial charge >= 0.3 is 5.63 Å². The van der Waals surface area contributed by atoms with Gasteiger partial charge in [-0.05, 0) is 13.0 Å². The third kappa shape index (κ3) is 3.82. The maximum Gasteiger partial charge on any atom is 0.348 e. The maximum absolute atomic E-state index is 12.3. The first-order chi connectivity index (χ1) is 13.5. The van der Waals surface area contributed by atoms with E-state index in [0.29, 0.717) is 41.7 Å². The number of thioether (sulfide) groups is 1. The molecule has 1 aliphatic heterocycles. The highest BCUT2D eigenvalue weighted by molar-refractivity contribution is 7.99. The molecule has 1 unspecified atom stereocenters. The average molecular weight is 405 g/mol. The van der Waals surface area contributed by atoms with Crippen LogP contribution < -0.4 is 19.8 Å². The number of nitrogens with zero attached hydrogens (tertiary/aromatic N) is 1. The SMILES string of the molecule is COc1ccc(C2CC(c3c(O)cc(C)oc3=O)=NCCS2)c(OC)c1OC. The van der Waals surface area contributed by atoms with Gasteiger partial charge < -0.3 is 23.7 Å². The molecule has 150 valence electrons. The van der Waals surface area contributed by atoms with Gasteiger partial charge in [-0.25, -0.2) is 4.79 Å². The number of rotatable bonds is 5. The summed E-state index contributed by atoms with van der Waals surface area (Å²) in [4.78, 5) is 16.9. The van der Waals surface area contributed by atoms with E-state index in [4.69, 9.17) is 18.6 Å². The molecule has 1 N–H and O–H groups in total. The molecule has 2 heterocycles. The van der Waals surface area contributed by atoms with Crippen LogP contribution in [-0.2, 0) is 0 Å². The molecule has 3 rings (SSSR count). The Morgan fingerprint density at radius 1 is 1.18 bits per heavy atom. The molecule has 0 bridgehead atoms. The summed E-state index contributed by atoms with van der Waals surface area (Å²) >= 11 is 1.71. The third-order valence-corrected chi connectivity index (χ3v) is 5.76. The topological polar surface area (TPSA) is 90.5 Å². The Morgan fingerprint density at radius 2 is 1.93 bits per heavy atom. The third-order valence-electron chi connectivity index (χ3n) is 4.52. The Bertz CT molecular complexity index is 952. The van der Waals surface area contributed by atoms with Crippen LogP contribution in [0.5, 0.6) is 23.0 Å². The minimum Gasteiger partial charge on any atom is -0.507 e. The van der Waals surface area contributed by atoms with Crippen LogP contribution in [0.1, 0.15) is 28.6 Å². The summed E-state index contributed by atoms with van der Waals surface area (Å²) < 4.78 is 21.6. The van der Waals surface area contributed by atoms with Crippen LogP contribution in [0.2, 0.25) is 0 Å². The molecule has 2 aromatic rings. The van der Waals surface area contributed by atoms with Crippen LogP contribution in [-0.4, -0.2) is 44.4 Å². The van der Waals surface area contributed by atoms with Gasteiger partial charge in [0, 0.05) is 35.6 Å². The number of aromatic hydroxyl groups is 1. The number of ether oxygens (including phenoxy) is 3. The zero-order valence-corrected chi connectivity index (χ0v) is 17.1. The predicted octanol–water partition coefficient (Wildman–Crippen LogP) is 3.35. The van der Waals surface area contributed by atoms with Gasteiger partial charge in [0.15, 0.2) is 11.5 Å². The molecule has 8 heteroatoms. The molecule has 1 aliphatic rings. The van der Waals surface area contributed by atoms with E-state index >= 15 is 0 Å². The van der Waals surface area contributed by atoms with Gasteiger partial charge in [-0.15, -0.1) is 0 Å². The first kappa shape index (κ1) is 20.1. The van der Waals surface area contributed by atoms with Crippen molar-refractivity contribution in [2.75, 3.05) is 33.6 Å². The van der Waals surface area contributed by atoms with Crippen LogP contribution in [0.25, 0.3) is 0 Å². The lowest BCUT2D eigenvalue weighted by Gasteiger charge is -2.21. The zero-order valence-electron chi connectivity index (χ0n) is 16.3. The van der Waals surface area contributed by atoms with Crippen molar-refractivity contribution in [3.63, 3.8) is 0 Å². The average Bonchev–Trinajstić information content (AvgIpc) is 2.91. The quantitative estimate of drug-likeness (QED) is 0.816. The molecule has 1 aromatic carbocycles. The number of hydrogen-bond acceptors (Lipinski definition) is 8. The summed E-state index contributed by atoms with van der Waals surface area (Å²) in [5.41, 5.74) is 0.979. The number of hydrogen-bond donors (Lipinski definition) is 1. The largest absolute Gasteiger partial charge is 0.507 e. The lowest BCUT2D eigenvalue weighted by atomic mass is 10.0. The maximum atomic E-state index is 12.3. The number of aryl methyl sites for hydroxylation is 1. The van der Waals surface area contributed by atoms with Crippen molar-refractivity contribution in [3.05, 3.63) is 45.5 Å². The van der Waals surface area contributed by atoms with E-state index in [1.54, 1.807) is 40.0 Å². The second-order valence-electron chi connectivity index (χ2n) is 6.22. The standard InChI is InChI=1S/C20H23NO6S/c1-11-9-14(22)17(20(23)27-11)13-10-16(28-8-7-21-13)12-5-6-15(24-2)19(26-4)18(12)25-3/h5-6,9,16,22H,7-8,10H2,1-4H3. The number of methoxy groups -OCH3 is 3. The molecule has 1 aromatic heterocycles. The van der Waals surface area contributed by atoms with E-state index in [0.717, 1.165) is 11.3 Å². The second kappa shape index (κ2) is 8.60. The van der Waals surface area contributed by atoms with E-state index < -0.39 is 5.63 Å². The highest BCUT2D eigenvalue weighted by Crippen LogP contribution is 2.47. The summed E-state index contributed by atoms with van der Waals surface area (Å²) in [6.07, 6.45) is 0.442. The van der Waals surface area contributed by atoms with Gasteiger partial charge in [0.25, 0.3) is 0 Å². The number of aliphatic imine (C=N–C) groups is 1. The van der Waals surface area contributed by atoms with Gasteiger partial charge in [0.2, 0.25) is 5.75 Å². The lowest BCUT2D eigenvalue weighted by Crippen LogP contribution is -2.17. The molecule has 7 nitrogen and oxygen atoms in total. The van der Waals surface area contributed by atoms with Crippen molar-refractivity contribution < 1.29 is 23.7 Å². The van der Waals surface area contributed by atoms with E-state index in [1.807, 2.05) is 12.1 Å². The second-order valence-corrected chi connectivity index (χ2v) is 7.53. The molecule has 0 aliphatic carbocycles. The van der Waals surface area contributed by atoms with Crippen LogP contribution in [0.15, 0.2) is 32.4 Å². The lowest BCUT2D eigenvalue weighted by molar-refractivity contribution is 0.322. The molecule has 28 heavy (non-hydrogen) atoms. The Labute approximate surface area is 167 Å².